The van der Waals surface area contributed by atoms with E-state index in [1.807, 2.05) is 0 Å². The maximum Gasteiger partial charge on any atom is 0.155 e. The average Bonchev–Trinajstić information content (AvgIpc) is 2.00. The molecule has 1 aliphatic rings. The van der Waals surface area contributed by atoms with Gasteiger partial charge in [-0.3, -0.25) is 0 Å². The Morgan fingerprint density at radius 1 is 1.33 bits per heavy atom. The number of rotatable bonds is 3. The zero-order valence-electron chi connectivity index (χ0n) is 9.86. The minimum atomic E-state index is -3.08. The third-order valence-electron chi connectivity index (χ3n) is 3.27. The Labute approximate surface area is 92.8 Å². The molecule has 0 saturated heterocycles. The second-order valence-electron chi connectivity index (χ2n) is 5.54. The van der Waals surface area contributed by atoms with E-state index in [9.17, 15) is 8.42 Å². The van der Waals surface area contributed by atoms with E-state index in [0.717, 1.165) is 25.7 Å². The van der Waals surface area contributed by atoms with Gasteiger partial charge in [0, 0.05) is 0 Å². The average molecular weight is 234 g/mol. The van der Waals surface area contributed by atoms with E-state index < -0.39 is 15.9 Å². The fourth-order valence-corrected chi connectivity index (χ4v) is 4.10. The lowest BCUT2D eigenvalue weighted by atomic mass is 9.77. The van der Waals surface area contributed by atoms with E-state index in [2.05, 4.69) is 13.8 Å². The zero-order chi connectivity index (χ0) is 11.7. The van der Waals surface area contributed by atoms with Crippen molar-refractivity contribution in [2.75, 3.05) is 5.75 Å². The summed E-state index contributed by atoms with van der Waals surface area (Å²) >= 11 is 0. The van der Waals surface area contributed by atoms with E-state index in [1.54, 1.807) is 0 Å². The second-order valence-corrected chi connectivity index (χ2v) is 7.87. The molecule has 0 amide bonds. The number of hydrogen-bond acceptors (Lipinski definition) is 3. The largest absolute Gasteiger partial charge is 0.392 e. The smallest absolute Gasteiger partial charge is 0.155 e. The molecule has 0 radical (unpaired) electrons. The summed E-state index contributed by atoms with van der Waals surface area (Å²) in [5.74, 6) is -0.0852. The number of hydrogen-bond donors (Lipinski definition) is 1. The van der Waals surface area contributed by atoms with Crippen molar-refractivity contribution in [2.45, 2.75) is 57.8 Å². The Balaban J connectivity index is 2.60. The molecule has 1 fully saturated rings. The van der Waals surface area contributed by atoms with Crippen LogP contribution in [0.15, 0.2) is 0 Å². The van der Waals surface area contributed by atoms with Gasteiger partial charge in [-0.1, -0.05) is 13.8 Å². The fraction of sp³-hybridized carbons (Fsp3) is 1.00. The molecule has 15 heavy (non-hydrogen) atoms. The highest BCUT2D eigenvalue weighted by Crippen LogP contribution is 2.37. The van der Waals surface area contributed by atoms with Gasteiger partial charge in [0.05, 0.1) is 17.1 Å². The minimum Gasteiger partial charge on any atom is -0.392 e. The van der Waals surface area contributed by atoms with Gasteiger partial charge < -0.3 is 5.11 Å². The molecule has 1 unspecified atom stereocenters. The van der Waals surface area contributed by atoms with Crippen molar-refractivity contribution < 1.29 is 13.5 Å². The van der Waals surface area contributed by atoms with E-state index in [1.165, 1.54) is 6.92 Å². The molecule has 1 aliphatic carbocycles. The summed E-state index contributed by atoms with van der Waals surface area (Å²) in [6.45, 7) is 5.90. The topological polar surface area (TPSA) is 54.4 Å². The Morgan fingerprint density at radius 3 is 2.20 bits per heavy atom. The van der Waals surface area contributed by atoms with E-state index in [4.69, 9.17) is 5.11 Å². The second kappa shape index (κ2) is 4.42. The zero-order valence-corrected chi connectivity index (χ0v) is 10.7. The van der Waals surface area contributed by atoms with Crippen LogP contribution in [0.3, 0.4) is 0 Å². The summed E-state index contributed by atoms with van der Waals surface area (Å²) in [6, 6.07) is 0. The summed E-state index contributed by atoms with van der Waals surface area (Å²) < 4.78 is 23.7. The lowest BCUT2D eigenvalue weighted by Crippen LogP contribution is -2.34. The summed E-state index contributed by atoms with van der Waals surface area (Å²) in [5.41, 5.74) is 0.289. The number of aliphatic hydroxyl groups excluding tert-OH is 1. The van der Waals surface area contributed by atoms with Crippen molar-refractivity contribution >= 4 is 9.84 Å². The SMILES string of the molecule is CC(O)CS(=O)(=O)C1CCC(C)(C)CC1. The quantitative estimate of drug-likeness (QED) is 0.809. The van der Waals surface area contributed by atoms with Crippen molar-refractivity contribution in [3.8, 4) is 0 Å². The van der Waals surface area contributed by atoms with Crippen LogP contribution in [0.1, 0.15) is 46.5 Å². The lowest BCUT2D eigenvalue weighted by Gasteiger charge is -2.34. The summed E-state index contributed by atoms with van der Waals surface area (Å²) in [7, 11) is -3.08. The Morgan fingerprint density at radius 2 is 1.80 bits per heavy atom. The molecule has 0 aromatic carbocycles. The fourth-order valence-electron chi connectivity index (χ4n) is 2.20. The van der Waals surface area contributed by atoms with Crippen molar-refractivity contribution in [2.24, 2.45) is 5.41 Å². The molecular weight excluding hydrogens is 212 g/mol. The molecule has 90 valence electrons. The molecule has 1 N–H and O–H groups in total. The third-order valence-corrected chi connectivity index (χ3v) is 5.70. The van der Waals surface area contributed by atoms with Crippen LogP contribution in [-0.4, -0.2) is 30.6 Å². The molecule has 0 spiro atoms. The molecule has 0 aromatic heterocycles. The predicted octanol–water partition coefficient (Wildman–Crippen LogP) is 1.75. The maximum atomic E-state index is 11.8. The van der Waals surface area contributed by atoms with Crippen molar-refractivity contribution in [1.82, 2.24) is 0 Å². The molecule has 0 aliphatic heterocycles. The van der Waals surface area contributed by atoms with Crippen LogP contribution in [0.5, 0.6) is 0 Å². The van der Waals surface area contributed by atoms with Gasteiger partial charge in [-0.25, -0.2) is 8.42 Å². The molecule has 4 heteroatoms. The van der Waals surface area contributed by atoms with Crippen LogP contribution in [0.25, 0.3) is 0 Å². The van der Waals surface area contributed by atoms with Gasteiger partial charge in [0.25, 0.3) is 0 Å². The first-order valence-electron chi connectivity index (χ1n) is 5.63. The number of aliphatic hydroxyl groups is 1. The van der Waals surface area contributed by atoms with Crippen molar-refractivity contribution in [3.05, 3.63) is 0 Å². The maximum absolute atomic E-state index is 11.8. The van der Waals surface area contributed by atoms with Gasteiger partial charge >= 0.3 is 0 Å². The van der Waals surface area contributed by atoms with Crippen molar-refractivity contribution in [1.29, 1.82) is 0 Å². The highest BCUT2D eigenvalue weighted by molar-refractivity contribution is 7.92. The molecule has 0 bridgehead atoms. The van der Waals surface area contributed by atoms with E-state index in [0.29, 0.717) is 0 Å². The van der Waals surface area contributed by atoms with Crippen LogP contribution < -0.4 is 0 Å². The Kier molecular flexibility index (Phi) is 3.82. The standard InChI is InChI=1S/C11H22O3S/c1-9(12)8-15(13,14)10-4-6-11(2,3)7-5-10/h9-10,12H,4-8H2,1-3H3. The van der Waals surface area contributed by atoms with Crippen LogP contribution in [0.4, 0.5) is 0 Å². The van der Waals surface area contributed by atoms with Gasteiger partial charge in [0.2, 0.25) is 0 Å². The number of sulfone groups is 1. The molecular formula is C11H22O3S. The van der Waals surface area contributed by atoms with Gasteiger partial charge in [0.1, 0.15) is 0 Å². The van der Waals surface area contributed by atoms with Gasteiger partial charge in [0.15, 0.2) is 9.84 Å². The highest BCUT2D eigenvalue weighted by atomic mass is 32.2. The molecule has 0 aromatic rings. The predicted molar refractivity (Wildman–Crippen MR) is 61.5 cm³/mol. The first-order chi connectivity index (χ1) is 6.73. The first kappa shape index (κ1) is 13.0. The van der Waals surface area contributed by atoms with Crippen LogP contribution in [-0.2, 0) is 9.84 Å². The van der Waals surface area contributed by atoms with Crippen LogP contribution in [0, 0.1) is 5.41 Å². The molecule has 1 rings (SSSR count). The van der Waals surface area contributed by atoms with Crippen molar-refractivity contribution in [3.63, 3.8) is 0 Å². The van der Waals surface area contributed by atoms with Gasteiger partial charge in [-0.2, -0.15) is 0 Å². The Bertz CT molecular complexity index is 294. The monoisotopic (exact) mass is 234 g/mol. The Hall–Kier alpha value is -0.0900. The van der Waals surface area contributed by atoms with Crippen LogP contribution >= 0.6 is 0 Å². The van der Waals surface area contributed by atoms with Gasteiger partial charge in [-0.15, -0.1) is 0 Å². The minimum absolute atomic E-state index is 0.0852. The van der Waals surface area contributed by atoms with E-state index in [-0.39, 0.29) is 16.4 Å². The molecule has 1 atom stereocenters. The summed E-state index contributed by atoms with van der Waals surface area (Å²) in [6.07, 6.45) is 2.70. The van der Waals surface area contributed by atoms with E-state index >= 15 is 0 Å². The third kappa shape index (κ3) is 3.76. The molecule has 1 saturated carbocycles. The summed E-state index contributed by atoms with van der Waals surface area (Å²) in [5, 5.41) is 8.92. The highest BCUT2D eigenvalue weighted by Gasteiger charge is 2.34. The van der Waals surface area contributed by atoms with Crippen LogP contribution in [0.2, 0.25) is 0 Å². The van der Waals surface area contributed by atoms with Gasteiger partial charge in [-0.05, 0) is 38.0 Å². The molecule has 3 nitrogen and oxygen atoms in total. The lowest BCUT2D eigenvalue weighted by molar-refractivity contribution is 0.215. The molecule has 0 heterocycles. The first-order valence-corrected chi connectivity index (χ1v) is 7.34. The normalized spacial score (nSPS) is 25.1. The summed E-state index contributed by atoms with van der Waals surface area (Å²) in [4.78, 5) is 0.